The molecule has 0 spiro atoms. The molecule has 2 N–H and O–H groups in total. The van der Waals surface area contributed by atoms with Crippen LogP contribution in [0.1, 0.15) is 53.5 Å². The Bertz CT molecular complexity index is 1010. The van der Waals surface area contributed by atoms with Gasteiger partial charge in [0.1, 0.15) is 29.2 Å². The lowest BCUT2D eigenvalue weighted by Gasteiger charge is -2.22. The molecule has 176 valence electrons. The Morgan fingerprint density at radius 3 is 2.45 bits per heavy atom. The number of benzene rings is 1. The van der Waals surface area contributed by atoms with Crippen molar-refractivity contribution >= 4 is 17.7 Å². The fourth-order valence-electron chi connectivity index (χ4n) is 2.68. The van der Waals surface area contributed by atoms with Gasteiger partial charge in [0, 0.05) is 12.1 Å². The lowest BCUT2D eigenvalue weighted by atomic mass is 10.2. The van der Waals surface area contributed by atoms with Crippen LogP contribution >= 0.6 is 0 Å². The molecule has 33 heavy (non-hydrogen) atoms. The molecule has 1 aromatic carbocycles. The summed E-state index contributed by atoms with van der Waals surface area (Å²) in [7, 11) is 0. The van der Waals surface area contributed by atoms with Crippen LogP contribution < -0.4 is 20.1 Å². The van der Waals surface area contributed by atoms with Crippen LogP contribution in [0, 0.1) is 11.3 Å². The van der Waals surface area contributed by atoms with Crippen molar-refractivity contribution < 1.29 is 23.8 Å². The molecule has 0 aliphatic rings. The Labute approximate surface area is 194 Å². The average molecular weight is 455 g/mol. The minimum atomic E-state index is -0.756. The molecule has 2 rings (SSSR count). The highest BCUT2D eigenvalue weighted by atomic mass is 16.6. The van der Waals surface area contributed by atoms with E-state index in [9.17, 15) is 14.9 Å². The number of nitrogens with one attached hydrogen (secondary N) is 2. The largest absolute Gasteiger partial charge is 0.489 e. The van der Waals surface area contributed by atoms with Gasteiger partial charge in [0.05, 0.1) is 23.6 Å². The number of nitriles is 1. The zero-order valence-electron chi connectivity index (χ0n) is 19.8. The van der Waals surface area contributed by atoms with Crippen molar-refractivity contribution in [2.24, 2.45) is 0 Å². The molecule has 0 aliphatic heterocycles. The molecule has 1 aromatic heterocycles. The molecular weight excluding hydrogens is 424 g/mol. The first-order chi connectivity index (χ1) is 15.5. The van der Waals surface area contributed by atoms with Crippen LogP contribution in [0.25, 0.3) is 0 Å². The number of amides is 2. The molecule has 1 atom stereocenters. The minimum Gasteiger partial charge on any atom is -0.489 e. The molecule has 0 bridgehead atoms. The van der Waals surface area contributed by atoms with Crippen LogP contribution in [0.3, 0.4) is 0 Å². The van der Waals surface area contributed by atoms with Gasteiger partial charge in [-0.15, -0.1) is 0 Å². The summed E-state index contributed by atoms with van der Waals surface area (Å²) in [6.07, 6.45) is 1.08. The highest BCUT2D eigenvalue weighted by Gasteiger charge is 2.23. The van der Waals surface area contributed by atoms with Crippen molar-refractivity contribution in [1.82, 2.24) is 10.3 Å². The smallest absolute Gasteiger partial charge is 0.408 e. The number of nitrogens with zero attached hydrogens (tertiary/aromatic N) is 2. The van der Waals surface area contributed by atoms with Gasteiger partial charge in [-0.25, -0.2) is 9.78 Å². The second kappa shape index (κ2) is 11.2. The number of ether oxygens (including phenoxy) is 3. The second-order valence-electron chi connectivity index (χ2n) is 8.52. The van der Waals surface area contributed by atoms with Crippen molar-refractivity contribution in [3.05, 3.63) is 42.1 Å². The van der Waals surface area contributed by atoms with E-state index in [1.165, 1.54) is 6.20 Å². The number of anilines is 1. The lowest BCUT2D eigenvalue weighted by Crippen LogP contribution is -2.45. The SMILES string of the molecule is CC[C@@H](NC(=O)OC(C)(C)C)C(=O)Nc1ccc(Oc2ccc(C#N)c(OC(C)C)c2)nc1. The molecule has 0 saturated carbocycles. The molecule has 1 heterocycles. The minimum absolute atomic E-state index is 0.0925. The predicted octanol–water partition coefficient (Wildman–Crippen LogP) is 4.77. The maximum atomic E-state index is 12.5. The van der Waals surface area contributed by atoms with Gasteiger partial charge in [-0.2, -0.15) is 5.26 Å². The number of aromatic nitrogens is 1. The fourth-order valence-corrected chi connectivity index (χ4v) is 2.68. The van der Waals surface area contributed by atoms with E-state index in [0.717, 1.165) is 0 Å². The number of rotatable bonds is 8. The van der Waals surface area contributed by atoms with Crippen LogP contribution in [0.5, 0.6) is 17.4 Å². The first kappa shape index (κ1) is 25.5. The van der Waals surface area contributed by atoms with Gasteiger partial charge in [-0.3, -0.25) is 4.79 Å². The monoisotopic (exact) mass is 454 g/mol. The zero-order valence-corrected chi connectivity index (χ0v) is 19.8. The highest BCUT2D eigenvalue weighted by Crippen LogP contribution is 2.28. The number of hydrogen-bond acceptors (Lipinski definition) is 7. The van der Waals surface area contributed by atoms with Crippen molar-refractivity contribution in [1.29, 1.82) is 5.26 Å². The number of carbonyl (C=O) groups is 2. The van der Waals surface area contributed by atoms with E-state index < -0.39 is 17.7 Å². The summed E-state index contributed by atoms with van der Waals surface area (Å²) in [5.74, 6) is 0.798. The van der Waals surface area contributed by atoms with E-state index >= 15 is 0 Å². The van der Waals surface area contributed by atoms with Gasteiger partial charge >= 0.3 is 6.09 Å². The third-order valence-electron chi connectivity index (χ3n) is 4.08. The Morgan fingerprint density at radius 1 is 1.18 bits per heavy atom. The first-order valence-electron chi connectivity index (χ1n) is 10.7. The third-order valence-corrected chi connectivity index (χ3v) is 4.08. The maximum absolute atomic E-state index is 12.5. The third kappa shape index (κ3) is 8.33. The molecule has 2 aromatic rings. The summed E-state index contributed by atoms with van der Waals surface area (Å²) in [5.41, 5.74) is 0.197. The van der Waals surface area contributed by atoms with E-state index in [0.29, 0.717) is 35.1 Å². The summed E-state index contributed by atoms with van der Waals surface area (Å²) in [4.78, 5) is 28.7. The van der Waals surface area contributed by atoms with E-state index in [1.807, 2.05) is 13.8 Å². The number of carbonyl (C=O) groups excluding carboxylic acids is 2. The zero-order chi connectivity index (χ0) is 24.6. The Balaban J connectivity index is 2.01. The van der Waals surface area contributed by atoms with Crippen molar-refractivity contribution in [2.45, 2.75) is 65.7 Å². The van der Waals surface area contributed by atoms with Crippen molar-refractivity contribution in [3.63, 3.8) is 0 Å². The van der Waals surface area contributed by atoms with Gasteiger partial charge in [0.15, 0.2) is 0 Å². The summed E-state index contributed by atoms with van der Waals surface area (Å²) in [6, 6.07) is 9.45. The summed E-state index contributed by atoms with van der Waals surface area (Å²) in [5, 5.41) is 14.5. The Hall–Kier alpha value is -3.80. The summed E-state index contributed by atoms with van der Waals surface area (Å²) >= 11 is 0. The van der Waals surface area contributed by atoms with Crippen molar-refractivity contribution in [3.8, 4) is 23.4 Å². The van der Waals surface area contributed by atoms with E-state index in [-0.39, 0.29) is 12.0 Å². The molecule has 0 unspecified atom stereocenters. The standard InChI is InChI=1S/C24H30N4O5/c1-7-19(28-23(30)33-24(4,5)6)22(29)27-17-9-11-21(26-14-17)32-18-10-8-16(13-25)20(12-18)31-15(2)3/h8-12,14-15,19H,7H2,1-6H3,(H,27,29)(H,28,30)/t19-/m1/s1. The Kier molecular flexibility index (Phi) is 8.63. The predicted molar refractivity (Wildman–Crippen MR) is 123 cm³/mol. The normalized spacial score (nSPS) is 11.8. The molecule has 9 heteroatoms. The highest BCUT2D eigenvalue weighted by molar-refractivity contribution is 5.96. The lowest BCUT2D eigenvalue weighted by molar-refractivity contribution is -0.118. The molecular formula is C24H30N4O5. The topological polar surface area (TPSA) is 123 Å². The Morgan fingerprint density at radius 2 is 1.91 bits per heavy atom. The van der Waals surface area contributed by atoms with E-state index in [1.54, 1.807) is 58.0 Å². The van der Waals surface area contributed by atoms with E-state index in [2.05, 4.69) is 21.7 Å². The van der Waals surface area contributed by atoms with Gasteiger partial charge < -0.3 is 24.8 Å². The number of pyridine rings is 1. The van der Waals surface area contributed by atoms with Crippen LogP contribution in [-0.4, -0.2) is 34.7 Å². The van der Waals surface area contributed by atoms with Gasteiger partial charge in [-0.1, -0.05) is 6.92 Å². The number of alkyl carbamates (subject to hydrolysis) is 1. The van der Waals surface area contributed by atoms with Crippen molar-refractivity contribution in [2.75, 3.05) is 5.32 Å². The molecule has 0 radical (unpaired) electrons. The quantitative estimate of drug-likeness (QED) is 0.589. The van der Waals surface area contributed by atoms with Crippen LogP contribution in [0.15, 0.2) is 36.5 Å². The van der Waals surface area contributed by atoms with Crippen LogP contribution in [0.2, 0.25) is 0 Å². The molecule has 9 nitrogen and oxygen atoms in total. The van der Waals surface area contributed by atoms with Gasteiger partial charge in [-0.05, 0) is 59.2 Å². The van der Waals surface area contributed by atoms with Crippen LogP contribution in [-0.2, 0) is 9.53 Å². The number of hydrogen-bond donors (Lipinski definition) is 2. The van der Waals surface area contributed by atoms with Crippen LogP contribution in [0.4, 0.5) is 10.5 Å². The maximum Gasteiger partial charge on any atom is 0.408 e. The molecule has 0 aliphatic carbocycles. The fraction of sp³-hybridized carbons (Fsp3) is 0.417. The van der Waals surface area contributed by atoms with E-state index in [4.69, 9.17) is 14.2 Å². The molecule has 0 saturated heterocycles. The summed E-state index contributed by atoms with van der Waals surface area (Å²) < 4.78 is 16.6. The summed E-state index contributed by atoms with van der Waals surface area (Å²) in [6.45, 7) is 10.8. The first-order valence-corrected chi connectivity index (χ1v) is 10.7. The molecule has 0 fully saturated rings. The van der Waals surface area contributed by atoms with Gasteiger partial charge in [0.2, 0.25) is 11.8 Å². The van der Waals surface area contributed by atoms with Gasteiger partial charge in [0.25, 0.3) is 0 Å². The second-order valence-corrected chi connectivity index (χ2v) is 8.52. The molecule has 2 amide bonds. The average Bonchev–Trinajstić information content (AvgIpc) is 2.72.